The van der Waals surface area contributed by atoms with Crippen LogP contribution in [0, 0.1) is 11.8 Å². The fraction of sp³-hybridized carbons (Fsp3) is 0.600. The van der Waals surface area contributed by atoms with Crippen LogP contribution in [-0.2, 0) is 0 Å². The maximum atomic E-state index is 3.92. The van der Waals surface area contributed by atoms with Crippen LogP contribution < -0.4 is 0 Å². The number of hydrogen-bond donors (Lipinski definition) is 0. The molecule has 2 unspecified atom stereocenters. The Kier molecular flexibility index (Phi) is 4.10. The minimum atomic E-state index is 0.586. The predicted octanol–water partition coefficient (Wildman–Crippen LogP) is 3.41. The zero-order valence-corrected chi connectivity index (χ0v) is 7.35. The van der Waals surface area contributed by atoms with Crippen LogP contribution in [-0.4, -0.2) is 0 Å². The van der Waals surface area contributed by atoms with Gasteiger partial charge in [-0.05, 0) is 11.8 Å². The summed E-state index contributed by atoms with van der Waals surface area (Å²) in [4.78, 5) is 0. The first-order valence-corrected chi connectivity index (χ1v) is 3.94. The third-order valence-electron chi connectivity index (χ3n) is 2.34. The van der Waals surface area contributed by atoms with Crippen LogP contribution >= 0.6 is 0 Å². The first kappa shape index (κ1) is 9.48. The molecule has 2 atom stereocenters. The van der Waals surface area contributed by atoms with Gasteiger partial charge in [0.2, 0.25) is 0 Å². The van der Waals surface area contributed by atoms with E-state index in [1.165, 1.54) is 6.42 Å². The lowest BCUT2D eigenvalue weighted by Crippen LogP contribution is -2.07. The molecule has 0 saturated heterocycles. The molecule has 0 rings (SSSR count). The van der Waals surface area contributed by atoms with Crippen LogP contribution in [0.25, 0.3) is 0 Å². The second kappa shape index (κ2) is 4.32. The number of rotatable bonds is 4. The molecule has 0 aromatic rings. The molecule has 0 amide bonds. The Morgan fingerprint density at radius 1 is 1.50 bits per heavy atom. The lowest BCUT2D eigenvalue weighted by molar-refractivity contribution is 0.434. The average molecular weight is 138 g/mol. The molecule has 0 bridgehead atoms. The summed E-state index contributed by atoms with van der Waals surface area (Å²) in [6.07, 6.45) is 3.07. The molecule has 0 heteroatoms. The van der Waals surface area contributed by atoms with Crippen molar-refractivity contribution >= 4 is 0 Å². The Hall–Kier alpha value is -0.520. The predicted molar refractivity (Wildman–Crippen MR) is 48.0 cm³/mol. The van der Waals surface area contributed by atoms with Gasteiger partial charge in [-0.3, -0.25) is 0 Å². The fourth-order valence-corrected chi connectivity index (χ4v) is 0.905. The van der Waals surface area contributed by atoms with E-state index < -0.39 is 0 Å². The maximum absolute atomic E-state index is 3.92. The molecule has 0 aromatic heterocycles. The van der Waals surface area contributed by atoms with Gasteiger partial charge in [0.1, 0.15) is 0 Å². The van der Waals surface area contributed by atoms with Crippen molar-refractivity contribution in [3.05, 3.63) is 24.8 Å². The van der Waals surface area contributed by atoms with E-state index in [1.807, 2.05) is 6.08 Å². The van der Waals surface area contributed by atoms with Crippen LogP contribution in [0.2, 0.25) is 0 Å². The van der Waals surface area contributed by atoms with E-state index in [-0.39, 0.29) is 0 Å². The Labute approximate surface area is 64.6 Å². The molecule has 0 aliphatic rings. The van der Waals surface area contributed by atoms with Crippen molar-refractivity contribution in [2.45, 2.75) is 27.2 Å². The van der Waals surface area contributed by atoms with Crippen LogP contribution in [0.4, 0.5) is 0 Å². The highest BCUT2D eigenvalue weighted by atomic mass is 14.2. The normalized spacial score (nSPS) is 15.9. The van der Waals surface area contributed by atoms with E-state index >= 15 is 0 Å². The lowest BCUT2D eigenvalue weighted by atomic mass is 9.88. The van der Waals surface area contributed by atoms with E-state index in [0.29, 0.717) is 5.92 Å². The molecule has 0 spiro atoms. The minimum absolute atomic E-state index is 0.586. The highest BCUT2D eigenvalue weighted by Gasteiger charge is 2.10. The van der Waals surface area contributed by atoms with Gasteiger partial charge >= 0.3 is 0 Å². The molecule has 0 nitrogen and oxygen atoms in total. The van der Waals surface area contributed by atoms with Crippen molar-refractivity contribution < 1.29 is 0 Å². The summed E-state index contributed by atoms with van der Waals surface area (Å²) in [5, 5.41) is 0. The molecule has 0 radical (unpaired) electrons. The monoisotopic (exact) mass is 138 g/mol. The summed E-state index contributed by atoms with van der Waals surface area (Å²) < 4.78 is 0. The van der Waals surface area contributed by atoms with E-state index in [2.05, 4.69) is 33.9 Å². The van der Waals surface area contributed by atoms with Gasteiger partial charge in [0, 0.05) is 0 Å². The van der Waals surface area contributed by atoms with Gasteiger partial charge in [0.15, 0.2) is 0 Å². The summed E-state index contributed by atoms with van der Waals surface area (Å²) >= 11 is 0. The van der Waals surface area contributed by atoms with Crippen molar-refractivity contribution in [1.82, 2.24) is 0 Å². The molecule has 0 heterocycles. The van der Waals surface area contributed by atoms with E-state index in [1.54, 1.807) is 0 Å². The first-order valence-electron chi connectivity index (χ1n) is 3.94. The van der Waals surface area contributed by atoms with E-state index in [4.69, 9.17) is 0 Å². The topological polar surface area (TPSA) is 0 Å². The summed E-state index contributed by atoms with van der Waals surface area (Å²) in [5.74, 6) is 1.31. The highest BCUT2D eigenvalue weighted by molar-refractivity contribution is 5.14. The summed E-state index contributed by atoms with van der Waals surface area (Å²) in [6.45, 7) is 14.3. The Morgan fingerprint density at radius 2 is 2.00 bits per heavy atom. The Balaban J connectivity index is 3.93. The van der Waals surface area contributed by atoms with Crippen molar-refractivity contribution in [1.29, 1.82) is 0 Å². The third-order valence-corrected chi connectivity index (χ3v) is 2.34. The van der Waals surface area contributed by atoms with Crippen molar-refractivity contribution in [3.63, 3.8) is 0 Å². The van der Waals surface area contributed by atoms with Crippen LogP contribution in [0.15, 0.2) is 24.8 Å². The molecule has 0 fully saturated rings. The average Bonchev–Trinajstić information content (AvgIpc) is 2.00. The lowest BCUT2D eigenvalue weighted by Gasteiger charge is -2.17. The molecule has 0 aliphatic carbocycles. The molecule has 0 aliphatic heterocycles. The third kappa shape index (κ3) is 2.38. The van der Waals surface area contributed by atoms with Crippen LogP contribution in [0.3, 0.4) is 0 Å². The van der Waals surface area contributed by atoms with Gasteiger partial charge in [0.25, 0.3) is 0 Å². The molecular formula is C10H18. The van der Waals surface area contributed by atoms with Gasteiger partial charge in [-0.25, -0.2) is 0 Å². The van der Waals surface area contributed by atoms with Gasteiger partial charge in [-0.1, -0.05) is 52.0 Å². The van der Waals surface area contributed by atoms with Crippen molar-refractivity contribution in [2.24, 2.45) is 11.8 Å². The molecule has 10 heavy (non-hydrogen) atoms. The smallest absolute Gasteiger partial charge is 0.0171 e. The minimum Gasteiger partial charge on any atom is -0.0988 e. The molecule has 0 aromatic carbocycles. The molecular weight excluding hydrogens is 120 g/mol. The summed E-state index contributed by atoms with van der Waals surface area (Å²) in [5.41, 5.74) is 1.16. The highest BCUT2D eigenvalue weighted by Crippen LogP contribution is 2.21. The number of allylic oxidation sites excluding steroid dienone is 2. The maximum Gasteiger partial charge on any atom is -0.0171 e. The zero-order chi connectivity index (χ0) is 8.15. The van der Waals surface area contributed by atoms with E-state index in [0.717, 1.165) is 11.5 Å². The van der Waals surface area contributed by atoms with Gasteiger partial charge in [-0.2, -0.15) is 0 Å². The van der Waals surface area contributed by atoms with Crippen LogP contribution in [0.5, 0.6) is 0 Å². The van der Waals surface area contributed by atoms with Crippen molar-refractivity contribution in [2.75, 3.05) is 0 Å². The summed E-state index contributed by atoms with van der Waals surface area (Å²) in [7, 11) is 0. The molecule has 0 N–H and O–H groups in total. The van der Waals surface area contributed by atoms with Gasteiger partial charge < -0.3 is 0 Å². The standard InChI is InChI=1S/C10H18/c1-6-8(3)10(5)9(4)7-2/h6,9-10H,1,3,7H2,2,4-5H3. The largest absolute Gasteiger partial charge is 0.0988 e. The second-order valence-electron chi connectivity index (χ2n) is 2.95. The summed E-state index contributed by atoms with van der Waals surface area (Å²) in [6, 6.07) is 0. The zero-order valence-electron chi connectivity index (χ0n) is 7.35. The van der Waals surface area contributed by atoms with Crippen molar-refractivity contribution in [3.8, 4) is 0 Å². The fourth-order valence-electron chi connectivity index (χ4n) is 0.905. The Morgan fingerprint density at radius 3 is 2.30 bits per heavy atom. The molecule has 58 valence electrons. The first-order chi connectivity index (χ1) is 4.63. The van der Waals surface area contributed by atoms with E-state index in [9.17, 15) is 0 Å². The molecule has 0 saturated carbocycles. The quantitative estimate of drug-likeness (QED) is 0.522. The number of hydrogen-bond acceptors (Lipinski definition) is 0. The second-order valence-corrected chi connectivity index (χ2v) is 2.95. The van der Waals surface area contributed by atoms with Gasteiger partial charge in [-0.15, -0.1) is 0 Å². The van der Waals surface area contributed by atoms with Crippen LogP contribution in [0.1, 0.15) is 27.2 Å². The SMILES string of the molecule is C=CC(=C)C(C)C(C)CC. The Bertz CT molecular complexity index is 122. The van der Waals surface area contributed by atoms with Gasteiger partial charge in [0.05, 0.1) is 0 Å².